The Morgan fingerprint density at radius 2 is 1.73 bits per heavy atom. The number of hydrogen-bond donors (Lipinski definition) is 0. The lowest BCUT2D eigenvalue weighted by atomic mass is 9.81. The van der Waals surface area contributed by atoms with Crippen LogP contribution in [0, 0.1) is 17.3 Å². The fourth-order valence-electron chi connectivity index (χ4n) is 2.36. The standard InChI is InChI=1S/C21H22O5/c1-4-14-21(19(23)25-2,20(24)26-3)15-10-6-9-13-18(22)16-17-11-7-5-8-12-17/h4-5,7-9,11-13H,1,14-16H2,2-3H3/b13-9+. The van der Waals surface area contributed by atoms with Crippen LogP contribution >= 0.6 is 0 Å². The van der Waals surface area contributed by atoms with Gasteiger partial charge in [0.05, 0.1) is 14.2 Å². The van der Waals surface area contributed by atoms with Crippen molar-refractivity contribution in [3.8, 4) is 11.8 Å². The minimum Gasteiger partial charge on any atom is -0.468 e. The first-order chi connectivity index (χ1) is 12.5. The largest absolute Gasteiger partial charge is 0.468 e. The topological polar surface area (TPSA) is 69.7 Å². The van der Waals surface area contributed by atoms with E-state index in [4.69, 9.17) is 9.47 Å². The van der Waals surface area contributed by atoms with E-state index in [2.05, 4.69) is 18.4 Å². The summed E-state index contributed by atoms with van der Waals surface area (Å²) in [4.78, 5) is 36.0. The van der Waals surface area contributed by atoms with E-state index in [1.807, 2.05) is 30.3 Å². The minimum absolute atomic E-state index is 0.0394. The maximum absolute atomic E-state index is 12.1. The van der Waals surface area contributed by atoms with Crippen molar-refractivity contribution < 1.29 is 23.9 Å². The smallest absolute Gasteiger partial charge is 0.324 e. The van der Waals surface area contributed by atoms with Crippen LogP contribution in [0.4, 0.5) is 0 Å². The van der Waals surface area contributed by atoms with Crippen molar-refractivity contribution in [2.24, 2.45) is 5.41 Å². The van der Waals surface area contributed by atoms with Crippen molar-refractivity contribution in [2.45, 2.75) is 19.3 Å². The van der Waals surface area contributed by atoms with E-state index in [1.54, 1.807) is 0 Å². The second-order valence-corrected chi connectivity index (χ2v) is 5.52. The Morgan fingerprint density at radius 1 is 1.12 bits per heavy atom. The lowest BCUT2D eigenvalue weighted by molar-refractivity contribution is -0.168. The summed E-state index contributed by atoms with van der Waals surface area (Å²) in [5.41, 5.74) is -0.642. The number of rotatable bonds is 8. The summed E-state index contributed by atoms with van der Waals surface area (Å²) in [6, 6.07) is 9.35. The number of ketones is 1. The van der Waals surface area contributed by atoms with E-state index in [9.17, 15) is 14.4 Å². The Kier molecular flexibility index (Phi) is 8.59. The van der Waals surface area contributed by atoms with Crippen LogP contribution in [0.2, 0.25) is 0 Å². The van der Waals surface area contributed by atoms with Crippen LogP contribution in [0.3, 0.4) is 0 Å². The number of allylic oxidation sites excluding steroid dienone is 3. The van der Waals surface area contributed by atoms with Crippen molar-refractivity contribution in [1.82, 2.24) is 0 Å². The molecule has 136 valence electrons. The first kappa shape index (κ1) is 20.9. The van der Waals surface area contributed by atoms with Gasteiger partial charge in [-0.15, -0.1) is 6.58 Å². The molecule has 0 amide bonds. The molecular weight excluding hydrogens is 332 g/mol. The number of hydrogen-bond acceptors (Lipinski definition) is 5. The third kappa shape index (κ3) is 5.75. The summed E-state index contributed by atoms with van der Waals surface area (Å²) in [5.74, 6) is 3.83. The molecule has 1 aromatic rings. The van der Waals surface area contributed by atoms with E-state index in [0.29, 0.717) is 0 Å². The third-order valence-electron chi connectivity index (χ3n) is 3.71. The average Bonchev–Trinajstić information content (AvgIpc) is 2.66. The number of carbonyl (C=O) groups excluding carboxylic acids is 3. The number of methoxy groups -OCH3 is 2. The van der Waals surface area contributed by atoms with E-state index < -0.39 is 17.4 Å². The van der Waals surface area contributed by atoms with Gasteiger partial charge in [-0.05, 0) is 24.1 Å². The zero-order valence-corrected chi connectivity index (χ0v) is 15.0. The molecule has 0 saturated heterocycles. The van der Waals surface area contributed by atoms with Crippen molar-refractivity contribution in [1.29, 1.82) is 0 Å². The Hall–Kier alpha value is -3.13. The van der Waals surface area contributed by atoms with E-state index in [0.717, 1.165) is 5.56 Å². The number of ether oxygens (including phenoxy) is 2. The highest BCUT2D eigenvalue weighted by Gasteiger charge is 2.46. The molecule has 26 heavy (non-hydrogen) atoms. The van der Waals surface area contributed by atoms with Gasteiger partial charge >= 0.3 is 11.9 Å². The van der Waals surface area contributed by atoms with E-state index in [-0.39, 0.29) is 25.0 Å². The highest BCUT2D eigenvalue weighted by atomic mass is 16.5. The second-order valence-electron chi connectivity index (χ2n) is 5.52. The molecule has 1 rings (SSSR count). The van der Waals surface area contributed by atoms with Crippen LogP contribution < -0.4 is 0 Å². The van der Waals surface area contributed by atoms with E-state index >= 15 is 0 Å². The van der Waals surface area contributed by atoms with Crippen LogP contribution in [-0.2, 0) is 30.3 Å². The van der Waals surface area contributed by atoms with Crippen molar-refractivity contribution in [3.05, 3.63) is 60.7 Å². The van der Waals surface area contributed by atoms with Gasteiger partial charge in [0.25, 0.3) is 0 Å². The molecule has 1 aromatic carbocycles. The van der Waals surface area contributed by atoms with Gasteiger partial charge < -0.3 is 9.47 Å². The van der Waals surface area contributed by atoms with Gasteiger partial charge in [0.15, 0.2) is 11.2 Å². The zero-order valence-electron chi connectivity index (χ0n) is 15.0. The zero-order chi connectivity index (χ0) is 19.4. The minimum atomic E-state index is -1.56. The summed E-state index contributed by atoms with van der Waals surface area (Å²) < 4.78 is 9.45. The molecule has 0 heterocycles. The van der Waals surface area contributed by atoms with Gasteiger partial charge in [0, 0.05) is 12.8 Å². The molecule has 0 fully saturated rings. The Bertz CT molecular complexity index is 719. The molecule has 5 heteroatoms. The second kappa shape index (κ2) is 10.7. The average molecular weight is 354 g/mol. The summed E-state index contributed by atoms with van der Waals surface area (Å²) in [6.07, 6.45) is 4.43. The van der Waals surface area contributed by atoms with Crippen LogP contribution in [0.25, 0.3) is 0 Å². The Labute approximate surface area is 153 Å². The summed E-state index contributed by atoms with van der Waals surface area (Å²) in [7, 11) is 2.39. The summed E-state index contributed by atoms with van der Waals surface area (Å²) in [5, 5.41) is 0. The molecule has 0 radical (unpaired) electrons. The van der Waals surface area contributed by atoms with Crippen LogP contribution in [0.1, 0.15) is 18.4 Å². The molecule has 0 spiro atoms. The van der Waals surface area contributed by atoms with Crippen molar-refractivity contribution >= 4 is 17.7 Å². The lowest BCUT2D eigenvalue weighted by Crippen LogP contribution is -2.40. The highest BCUT2D eigenvalue weighted by Crippen LogP contribution is 2.30. The molecule has 0 aliphatic rings. The Morgan fingerprint density at radius 3 is 2.27 bits per heavy atom. The molecule has 0 aromatic heterocycles. The number of benzene rings is 1. The van der Waals surface area contributed by atoms with Gasteiger partial charge in [-0.25, -0.2) is 0 Å². The fourth-order valence-corrected chi connectivity index (χ4v) is 2.36. The summed E-state index contributed by atoms with van der Waals surface area (Å²) >= 11 is 0. The van der Waals surface area contributed by atoms with Gasteiger partial charge in [0.1, 0.15) is 0 Å². The molecular formula is C21H22O5. The monoisotopic (exact) mass is 354 g/mol. The highest BCUT2D eigenvalue weighted by molar-refractivity contribution is 6.00. The maximum Gasteiger partial charge on any atom is 0.324 e. The number of carbonyl (C=O) groups is 3. The number of esters is 2. The van der Waals surface area contributed by atoms with Crippen LogP contribution in [0.5, 0.6) is 0 Å². The first-order valence-electron chi connectivity index (χ1n) is 7.99. The maximum atomic E-state index is 12.1. The van der Waals surface area contributed by atoms with Gasteiger partial charge in [-0.3, -0.25) is 14.4 Å². The quantitative estimate of drug-likeness (QED) is 0.236. The Balaban J connectivity index is 2.80. The first-order valence-corrected chi connectivity index (χ1v) is 7.99. The van der Waals surface area contributed by atoms with E-state index in [1.165, 1.54) is 32.4 Å². The van der Waals surface area contributed by atoms with Gasteiger partial charge in [0.2, 0.25) is 0 Å². The van der Waals surface area contributed by atoms with Crippen molar-refractivity contribution in [2.75, 3.05) is 14.2 Å². The summed E-state index contributed by atoms with van der Waals surface area (Å²) in [6.45, 7) is 3.56. The molecule has 0 unspecified atom stereocenters. The van der Waals surface area contributed by atoms with Crippen LogP contribution in [-0.4, -0.2) is 31.9 Å². The van der Waals surface area contributed by atoms with Crippen LogP contribution in [0.15, 0.2) is 55.1 Å². The molecule has 0 aliphatic carbocycles. The normalized spacial score (nSPS) is 10.5. The molecule has 0 aliphatic heterocycles. The van der Waals surface area contributed by atoms with Crippen molar-refractivity contribution in [3.63, 3.8) is 0 Å². The molecule has 5 nitrogen and oxygen atoms in total. The molecule has 0 saturated carbocycles. The lowest BCUT2D eigenvalue weighted by Gasteiger charge is -2.24. The predicted octanol–water partition coefficient (Wildman–Crippen LogP) is 2.66. The molecule has 0 atom stereocenters. The molecule has 0 bridgehead atoms. The molecule has 0 N–H and O–H groups in total. The van der Waals surface area contributed by atoms with Gasteiger partial charge in [-0.1, -0.05) is 48.2 Å². The third-order valence-corrected chi connectivity index (χ3v) is 3.71. The van der Waals surface area contributed by atoms with Gasteiger partial charge in [-0.2, -0.15) is 0 Å². The predicted molar refractivity (Wildman–Crippen MR) is 98.0 cm³/mol. The fraction of sp³-hybridized carbons (Fsp3) is 0.286. The SMILES string of the molecule is C=CCC(CC#C/C=C/C(=O)Cc1ccccc1)(C(=O)OC)C(=O)OC.